The third-order valence-electron chi connectivity index (χ3n) is 4.75. The standard InChI is InChI=1S/C20H40BrO6P/c1-2-3-4-5-6-7-8-9-10-11-12-13-14-15-20(23)27-17-18(22)16-19(21)28(24,25)26/h18-19,22H,2-17H2,1H3,(H2,24,25,26)/t18-,19+/m0/s1. The number of alkyl halides is 1. The highest BCUT2D eigenvalue weighted by molar-refractivity contribution is 9.10. The number of hydrogen-bond donors (Lipinski definition) is 3. The molecular weight excluding hydrogens is 447 g/mol. The minimum atomic E-state index is -4.29. The predicted molar refractivity (Wildman–Crippen MR) is 117 cm³/mol. The van der Waals surface area contributed by atoms with Crippen molar-refractivity contribution in [2.75, 3.05) is 6.61 Å². The summed E-state index contributed by atoms with van der Waals surface area (Å²) in [5.41, 5.74) is 0. The smallest absolute Gasteiger partial charge is 0.339 e. The van der Waals surface area contributed by atoms with E-state index < -0.39 is 18.3 Å². The zero-order valence-corrected chi connectivity index (χ0v) is 19.8. The third kappa shape index (κ3) is 18.1. The summed E-state index contributed by atoms with van der Waals surface area (Å²) in [6.07, 6.45) is 15.2. The Bertz CT molecular complexity index is 429. The maximum atomic E-state index is 11.6. The fourth-order valence-electron chi connectivity index (χ4n) is 2.98. The zero-order chi connectivity index (χ0) is 21.3. The van der Waals surface area contributed by atoms with Crippen LogP contribution in [0.5, 0.6) is 0 Å². The lowest BCUT2D eigenvalue weighted by Gasteiger charge is -2.16. The second kappa shape index (κ2) is 17.9. The quantitative estimate of drug-likeness (QED) is 0.0940. The van der Waals surface area contributed by atoms with E-state index in [9.17, 15) is 14.5 Å². The second-order valence-corrected chi connectivity index (χ2v) is 11.2. The molecule has 0 aliphatic heterocycles. The van der Waals surface area contributed by atoms with Crippen LogP contribution in [0.25, 0.3) is 0 Å². The summed E-state index contributed by atoms with van der Waals surface area (Å²) >= 11 is 2.84. The van der Waals surface area contributed by atoms with Gasteiger partial charge in [-0.25, -0.2) is 0 Å². The molecule has 168 valence electrons. The van der Waals surface area contributed by atoms with E-state index in [0.29, 0.717) is 6.42 Å². The van der Waals surface area contributed by atoms with Gasteiger partial charge in [0, 0.05) is 12.8 Å². The van der Waals surface area contributed by atoms with Crippen LogP contribution in [0.15, 0.2) is 0 Å². The Hall–Kier alpha value is 0.0600. The molecule has 0 aromatic carbocycles. The van der Waals surface area contributed by atoms with Crippen molar-refractivity contribution >= 4 is 29.5 Å². The van der Waals surface area contributed by atoms with Crippen molar-refractivity contribution in [2.24, 2.45) is 0 Å². The van der Waals surface area contributed by atoms with Crippen LogP contribution in [0.1, 0.15) is 103 Å². The van der Waals surface area contributed by atoms with E-state index in [1.807, 2.05) is 0 Å². The number of carbonyl (C=O) groups is 1. The maximum absolute atomic E-state index is 11.6. The summed E-state index contributed by atoms with van der Waals surface area (Å²) in [6.45, 7) is 2.00. The molecule has 0 radical (unpaired) electrons. The Morgan fingerprint density at radius 2 is 1.32 bits per heavy atom. The van der Waals surface area contributed by atoms with Crippen LogP contribution in [-0.4, -0.2) is 38.1 Å². The summed E-state index contributed by atoms with van der Waals surface area (Å²) < 4.78 is 14.8. The normalized spacial score (nSPS) is 14.0. The highest BCUT2D eigenvalue weighted by Crippen LogP contribution is 2.46. The number of aliphatic hydroxyl groups excluding tert-OH is 1. The van der Waals surface area contributed by atoms with E-state index in [1.54, 1.807) is 0 Å². The second-order valence-electron chi connectivity index (χ2n) is 7.59. The number of unbranched alkanes of at least 4 members (excludes halogenated alkanes) is 12. The van der Waals surface area contributed by atoms with Crippen LogP contribution in [0.4, 0.5) is 0 Å². The molecule has 0 spiro atoms. The molecule has 0 saturated heterocycles. The molecule has 0 amide bonds. The van der Waals surface area contributed by atoms with Gasteiger partial charge in [-0.05, 0) is 6.42 Å². The van der Waals surface area contributed by atoms with E-state index >= 15 is 0 Å². The van der Waals surface area contributed by atoms with E-state index in [4.69, 9.17) is 14.5 Å². The number of esters is 1. The number of aliphatic hydroxyl groups is 1. The van der Waals surface area contributed by atoms with Crippen LogP contribution in [0.3, 0.4) is 0 Å². The molecule has 8 heteroatoms. The zero-order valence-electron chi connectivity index (χ0n) is 17.4. The van der Waals surface area contributed by atoms with E-state index in [1.165, 1.54) is 64.2 Å². The Labute approximate surface area is 179 Å². The predicted octanol–water partition coefficient (Wildman–Crippen LogP) is 5.66. The Morgan fingerprint density at radius 1 is 0.893 bits per heavy atom. The van der Waals surface area contributed by atoms with Gasteiger partial charge in [0.25, 0.3) is 0 Å². The van der Waals surface area contributed by atoms with Gasteiger partial charge in [0.2, 0.25) is 0 Å². The minimum absolute atomic E-state index is 0.170. The molecule has 2 atom stereocenters. The van der Waals surface area contributed by atoms with E-state index in [0.717, 1.165) is 19.3 Å². The molecule has 28 heavy (non-hydrogen) atoms. The van der Waals surface area contributed by atoms with Gasteiger partial charge >= 0.3 is 13.6 Å². The molecule has 6 nitrogen and oxygen atoms in total. The highest BCUT2D eigenvalue weighted by atomic mass is 79.9. The number of carbonyl (C=O) groups excluding carboxylic acids is 1. The van der Waals surface area contributed by atoms with Crippen LogP contribution >= 0.6 is 23.5 Å². The lowest BCUT2D eigenvalue weighted by Crippen LogP contribution is -2.22. The average Bonchev–Trinajstić information content (AvgIpc) is 2.63. The van der Waals surface area contributed by atoms with Gasteiger partial charge in [0.05, 0.1) is 6.10 Å². The fourth-order valence-corrected chi connectivity index (χ4v) is 3.93. The number of rotatable bonds is 19. The molecule has 0 aliphatic rings. The molecule has 0 bridgehead atoms. The van der Waals surface area contributed by atoms with Crippen molar-refractivity contribution in [2.45, 2.75) is 114 Å². The Kier molecular flexibility index (Phi) is 17.9. The monoisotopic (exact) mass is 486 g/mol. The van der Waals surface area contributed by atoms with Crippen LogP contribution in [0.2, 0.25) is 0 Å². The highest BCUT2D eigenvalue weighted by Gasteiger charge is 2.28. The Morgan fingerprint density at radius 3 is 1.75 bits per heavy atom. The molecule has 0 saturated carbocycles. The van der Waals surface area contributed by atoms with Crippen LogP contribution < -0.4 is 0 Å². The molecule has 0 aliphatic carbocycles. The van der Waals surface area contributed by atoms with Gasteiger partial charge in [0.15, 0.2) is 0 Å². The van der Waals surface area contributed by atoms with Gasteiger partial charge in [-0.1, -0.05) is 99.9 Å². The third-order valence-corrected chi connectivity index (χ3v) is 7.67. The summed E-state index contributed by atoms with van der Waals surface area (Å²) in [5, 5.41) is 9.67. The molecular formula is C20H40BrO6P. The van der Waals surface area contributed by atoms with Gasteiger partial charge < -0.3 is 19.6 Å². The molecule has 0 heterocycles. The number of hydrogen-bond acceptors (Lipinski definition) is 4. The SMILES string of the molecule is CCCCCCCCCCCCCCCC(=O)OC[C@@H](O)C[C@H](Br)P(=O)(O)O. The molecule has 0 fully saturated rings. The summed E-state index contributed by atoms with van der Waals surface area (Å²) in [4.78, 5) is 29.5. The largest absolute Gasteiger partial charge is 0.463 e. The lowest BCUT2D eigenvalue weighted by molar-refractivity contribution is -0.146. The topological polar surface area (TPSA) is 104 Å². The first-order valence-electron chi connectivity index (χ1n) is 10.8. The van der Waals surface area contributed by atoms with Crippen molar-refractivity contribution in [1.29, 1.82) is 0 Å². The molecule has 0 aromatic rings. The van der Waals surface area contributed by atoms with Gasteiger partial charge in [-0.15, -0.1) is 0 Å². The molecule has 0 rings (SSSR count). The van der Waals surface area contributed by atoms with Crippen molar-refractivity contribution in [3.63, 3.8) is 0 Å². The van der Waals surface area contributed by atoms with Crippen molar-refractivity contribution in [1.82, 2.24) is 0 Å². The van der Waals surface area contributed by atoms with Gasteiger partial charge in [-0.3, -0.25) is 9.36 Å². The summed E-state index contributed by atoms with van der Waals surface area (Å²) in [5.74, 6) is -0.371. The molecule has 0 aromatic heterocycles. The number of ether oxygens (including phenoxy) is 1. The lowest BCUT2D eigenvalue weighted by atomic mass is 10.0. The number of halogens is 1. The van der Waals surface area contributed by atoms with Gasteiger partial charge in [0.1, 0.15) is 11.2 Å². The summed E-state index contributed by atoms with van der Waals surface area (Å²) in [6, 6.07) is 0. The molecule has 3 N–H and O–H groups in total. The first kappa shape index (κ1) is 28.1. The van der Waals surface area contributed by atoms with Crippen molar-refractivity contribution in [3.8, 4) is 0 Å². The fraction of sp³-hybridized carbons (Fsp3) is 0.950. The summed E-state index contributed by atoms with van der Waals surface area (Å²) in [7, 11) is -4.29. The van der Waals surface area contributed by atoms with Crippen molar-refractivity contribution < 1.29 is 29.0 Å². The van der Waals surface area contributed by atoms with Crippen LogP contribution in [0, 0.1) is 0 Å². The van der Waals surface area contributed by atoms with Crippen molar-refractivity contribution in [3.05, 3.63) is 0 Å². The maximum Gasteiger partial charge on any atom is 0.339 e. The van der Waals surface area contributed by atoms with E-state index in [2.05, 4.69) is 22.9 Å². The minimum Gasteiger partial charge on any atom is -0.463 e. The van der Waals surface area contributed by atoms with Gasteiger partial charge in [-0.2, -0.15) is 0 Å². The van der Waals surface area contributed by atoms with E-state index in [-0.39, 0.29) is 19.0 Å². The average molecular weight is 487 g/mol. The first-order valence-corrected chi connectivity index (χ1v) is 13.4. The first-order chi connectivity index (χ1) is 13.3. The molecule has 0 unspecified atom stereocenters. The Balaban J connectivity index is 3.43. The van der Waals surface area contributed by atoms with Crippen LogP contribution in [-0.2, 0) is 14.1 Å².